The SMILES string of the molecule is Cc1ccc([C@@H](C)NC(C)c2ccccc2C)cc1. The zero-order valence-electron chi connectivity index (χ0n) is 12.3. The van der Waals surface area contributed by atoms with Gasteiger partial charge in [-0.1, -0.05) is 54.1 Å². The zero-order valence-corrected chi connectivity index (χ0v) is 12.3. The van der Waals surface area contributed by atoms with Gasteiger partial charge >= 0.3 is 0 Å². The van der Waals surface area contributed by atoms with Crippen LogP contribution in [0.1, 0.15) is 48.2 Å². The van der Waals surface area contributed by atoms with Gasteiger partial charge in [0.05, 0.1) is 0 Å². The third kappa shape index (κ3) is 3.45. The minimum absolute atomic E-state index is 0.357. The van der Waals surface area contributed by atoms with E-state index in [0.29, 0.717) is 12.1 Å². The molecule has 2 aromatic carbocycles. The molecule has 1 N–H and O–H groups in total. The third-order valence-corrected chi connectivity index (χ3v) is 3.73. The summed E-state index contributed by atoms with van der Waals surface area (Å²) in [6.07, 6.45) is 0. The number of rotatable bonds is 4. The molecule has 19 heavy (non-hydrogen) atoms. The maximum Gasteiger partial charge on any atom is 0.0300 e. The van der Waals surface area contributed by atoms with Crippen molar-refractivity contribution in [1.82, 2.24) is 5.32 Å². The van der Waals surface area contributed by atoms with Crippen molar-refractivity contribution in [3.8, 4) is 0 Å². The van der Waals surface area contributed by atoms with Gasteiger partial charge in [0, 0.05) is 12.1 Å². The highest BCUT2D eigenvalue weighted by molar-refractivity contribution is 5.29. The summed E-state index contributed by atoms with van der Waals surface area (Å²) in [6.45, 7) is 8.74. The summed E-state index contributed by atoms with van der Waals surface area (Å²) in [4.78, 5) is 0. The van der Waals surface area contributed by atoms with Crippen LogP contribution in [0.2, 0.25) is 0 Å². The third-order valence-electron chi connectivity index (χ3n) is 3.73. The molecule has 0 amide bonds. The number of aryl methyl sites for hydroxylation is 2. The van der Waals surface area contributed by atoms with Crippen LogP contribution in [0.15, 0.2) is 48.5 Å². The molecule has 1 heteroatoms. The number of hydrogen-bond donors (Lipinski definition) is 1. The van der Waals surface area contributed by atoms with Gasteiger partial charge in [0.15, 0.2) is 0 Å². The molecule has 0 aliphatic rings. The molecular formula is C18H23N. The molecule has 0 aliphatic carbocycles. The summed E-state index contributed by atoms with van der Waals surface area (Å²) in [7, 11) is 0. The summed E-state index contributed by atoms with van der Waals surface area (Å²) in [5, 5.41) is 3.67. The molecule has 0 spiro atoms. The molecule has 2 rings (SSSR count). The maximum atomic E-state index is 3.67. The standard InChI is InChI=1S/C18H23N/c1-13-9-11-17(12-10-13)15(3)19-16(4)18-8-6-5-7-14(18)2/h5-12,15-16,19H,1-4H3/t15-,16?/m1/s1. The molecule has 0 aliphatic heterocycles. The van der Waals surface area contributed by atoms with Crippen LogP contribution in [0.4, 0.5) is 0 Å². The summed E-state index contributed by atoms with van der Waals surface area (Å²) in [6, 6.07) is 18.0. The molecule has 0 bridgehead atoms. The first kappa shape index (κ1) is 13.8. The molecule has 0 fully saturated rings. The van der Waals surface area contributed by atoms with E-state index >= 15 is 0 Å². The van der Waals surface area contributed by atoms with Crippen molar-refractivity contribution in [1.29, 1.82) is 0 Å². The summed E-state index contributed by atoms with van der Waals surface area (Å²) < 4.78 is 0. The van der Waals surface area contributed by atoms with Gasteiger partial charge in [-0.25, -0.2) is 0 Å². The van der Waals surface area contributed by atoms with Crippen LogP contribution < -0.4 is 5.32 Å². The van der Waals surface area contributed by atoms with Crippen molar-refractivity contribution in [2.75, 3.05) is 0 Å². The molecule has 0 saturated carbocycles. The predicted molar refractivity (Wildman–Crippen MR) is 82.3 cm³/mol. The Balaban J connectivity index is 2.08. The lowest BCUT2D eigenvalue weighted by atomic mass is 10.0. The Kier molecular flexibility index (Phi) is 4.39. The minimum atomic E-state index is 0.357. The van der Waals surface area contributed by atoms with Crippen LogP contribution in [0.3, 0.4) is 0 Å². The molecule has 0 saturated heterocycles. The van der Waals surface area contributed by atoms with E-state index in [2.05, 4.69) is 81.5 Å². The first-order valence-electron chi connectivity index (χ1n) is 6.96. The molecule has 0 radical (unpaired) electrons. The Morgan fingerprint density at radius 3 is 2.05 bits per heavy atom. The first-order valence-corrected chi connectivity index (χ1v) is 6.96. The van der Waals surface area contributed by atoms with Gasteiger partial charge in [-0.3, -0.25) is 0 Å². The molecule has 100 valence electrons. The second-order valence-corrected chi connectivity index (χ2v) is 5.38. The van der Waals surface area contributed by atoms with E-state index in [-0.39, 0.29) is 0 Å². The average Bonchev–Trinajstić information content (AvgIpc) is 2.39. The molecular weight excluding hydrogens is 230 g/mol. The van der Waals surface area contributed by atoms with Gasteiger partial charge in [-0.15, -0.1) is 0 Å². The van der Waals surface area contributed by atoms with Crippen molar-refractivity contribution < 1.29 is 0 Å². The Bertz CT molecular complexity index is 528. The van der Waals surface area contributed by atoms with E-state index in [9.17, 15) is 0 Å². The number of benzene rings is 2. The van der Waals surface area contributed by atoms with Crippen molar-refractivity contribution in [3.63, 3.8) is 0 Å². The molecule has 1 nitrogen and oxygen atoms in total. The fraction of sp³-hybridized carbons (Fsp3) is 0.333. The first-order chi connectivity index (χ1) is 9.08. The summed E-state index contributed by atoms with van der Waals surface area (Å²) in [5.74, 6) is 0. The lowest BCUT2D eigenvalue weighted by Gasteiger charge is -2.22. The van der Waals surface area contributed by atoms with E-state index in [0.717, 1.165) is 0 Å². The fourth-order valence-electron chi connectivity index (χ4n) is 2.49. The highest BCUT2D eigenvalue weighted by atomic mass is 14.9. The molecule has 0 aromatic heterocycles. The highest BCUT2D eigenvalue weighted by Gasteiger charge is 2.12. The number of nitrogens with one attached hydrogen (secondary N) is 1. The van der Waals surface area contributed by atoms with Gasteiger partial charge < -0.3 is 5.32 Å². The highest BCUT2D eigenvalue weighted by Crippen LogP contribution is 2.21. The largest absolute Gasteiger partial charge is 0.304 e. The van der Waals surface area contributed by atoms with E-state index < -0.39 is 0 Å². The monoisotopic (exact) mass is 253 g/mol. The Morgan fingerprint density at radius 2 is 1.42 bits per heavy atom. The minimum Gasteiger partial charge on any atom is -0.304 e. The predicted octanol–water partition coefficient (Wildman–Crippen LogP) is 4.72. The summed E-state index contributed by atoms with van der Waals surface area (Å²) in [5.41, 5.74) is 5.37. The van der Waals surface area contributed by atoms with E-state index in [1.54, 1.807) is 0 Å². The van der Waals surface area contributed by atoms with E-state index in [4.69, 9.17) is 0 Å². The average molecular weight is 253 g/mol. The second kappa shape index (κ2) is 6.03. The number of hydrogen-bond acceptors (Lipinski definition) is 1. The fourth-order valence-corrected chi connectivity index (χ4v) is 2.49. The van der Waals surface area contributed by atoms with Gasteiger partial charge in [-0.05, 0) is 44.4 Å². The van der Waals surface area contributed by atoms with Crippen molar-refractivity contribution in [2.24, 2.45) is 0 Å². The van der Waals surface area contributed by atoms with Crippen LogP contribution in [0.25, 0.3) is 0 Å². The second-order valence-electron chi connectivity index (χ2n) is 5.38. The van der Waals surface area contributed by atoms with Gasteiger partial charge in [0.25, 0.3) is 0 Å². The van der Waals surface area contributed by atoms with E-state index in [1.165, 1.54) is 22.3 Å². The Hall–Kier alpha value is -1.60. The van der Waals surface area contributed by atoms with Crippen LogP contribution in [-0.4, -0.2) is 0 Å². The summed E-state index contributed by atoms with van der Waals surface area (Å²) >= 11 is 0. The Labute approximate surface area is 116 Å². The topological polar surface area (TPSA) is 12.0 Å². The zero-order chi connectivity index (χ0) is 13.8. The van der Waals surface area contributed by atoms with Crippen LogP contribution >= 0.6 is 0 Å². The van der Waals surface area contributed by atoms with Crippen molar-refractivity contribution >= 4 is 0 Å². The molecule has 2 aromatic rings. The quantitative estimate of drug-likeness (QED) is 0.831. The van der Waals surface area contributed by atoms with Gasteiger partial charge in [-0.2, -0.15) is 0 Å². The lowest BCUT2D eigenvalue weighted by molar-refractivity contribution is 0.493. The van der Waals surface area contributed by atoms with Crippen molar-refractivity contribution in [2.45, 2.75) is 39.8 Å². The van der Waals surface area contributed by atoms with Crippen LogP contribution in [0, 0.1) is 13.8 Å². The Morgan fingerprint density at radius 1 is 0.789 bits per heavy atom. The molecule has 0 heterocycles. The maximum absolute atomic E-state index is 3.67. The normalized spacial score (nSPS) is 14.1. The van der Waals surface area contributed by atoms with Gasteiger partial charge in [0.1, 0.15) is 0 Å². The lowest BCUT2D eigenvalue weighted by Crippen LogP contribution is -2.23. The van der Waals surface area contributed by atoms with E-state index in [1.807, 2.05) is 0 Å². The van der Waals surface area contributed by atoms with Crippen molar-refractivity contribution in [3.05, 3.63) is 70.8 Å². The molecule has 2 atom stereocenters. The van der Waals surface area contributed by atoms with Crippen LogP contribution in [-0.2, 0) is 0 Å². The van der Waals surface area contributed by atoms with Crippen LogP contribution in [0.5, 0.6) is 0 Å². The van der Waals surface area contributed by atoms with Gasteiger partial charge in [0.2, 0.25) is 0 Å². The molecule has 1 unspecified atom stereocenters. The smallest absolute Gasteiger partial charge is 0.0300 e.